The van der Waals surface area contributed by atoms with E-state index in [1.54, 1.807) is 13.2 Å². The second-order valence-corrected chi connectivity index (χ2v) is 3.33. The molecule has 0 fully saturated rings. The fourth-order valence-corrected chi connectivity index (χ4v) is 1.63. The minimum atomic E-state index is -0.354. The summed E-state index contributed by atoms with van der Waals surface area (Å²) in [6.07, 6.45) is 0.594. The number of ether oxygens (including phenoxy) is 2. The topological polar surface area (TPSA) is 44.5 Å². The van der Waals surface area contributed by atoms with Gasteiger partial charge in [0.25, 0.3) is 0 Å². The summed E-state index contributed by atoms with van der Waals surface area (Å²) >= 11 is 0. The largest absolute Gasteiger partial charge is 0.496 e. The van der Waals surface area contributed by atoms with Crippen LogP contribution in [0.25, 0.3) is 0 Å². The van der Waals surface area contributed by atoms with Crippen LogP contribution in [0, 0.1) is 5.82 Å². The molecule has 0 spiro atoms. The number of hydrogen-bond donors (Lipinski definition) is 1. The van der Waals surface area contributed by atoms with Crippen LogP contribution in [0.15, 0.2) is 12.1 Å². The van der Waals surface area contributed by atoms with Crippen molar-refractivity contribution in [2.45, 2.75) is 12.5 Å². The fraction of sp³-hybridized carbons (Fsp3) is 0.400. The van der Waals surface area contributed by atoms with E-state index in [1.807, 2.05) is 0 Å². The molecule has 4 heteroatoms. The zero-order chi connectivity index (χ0) is 10.1. The lowest BCUT2D eigenvalue weighted by atomic mass is 10.0. The summed E-state index contributed by atoms with van der Waals surface area (Å²) in [5, 5.41) is 0. The summed E-state index contributed by atoms with van der Waals surface area (Å²) < 4.78 is 23.6. The van der Waals surface area contributed by atoms with E-state index in [1.165, 1.54) is 6.07 Å². The molecule has 0 aliphatic carbocycles. The number of hydrogen-bond acceptors (Lipinski definition) is 3. The van der Waals surface area contributed by atoms with E-state index in [2.05, 4.69) is 0 Å². The highest BCUT2D eigenvalue weighted by molar-refractivity contribution is 5.47. The maximum atomic E-state index is 13.3. The minimum absolute atomic E-state index is 0.0850. The summed E-state index contributed by atoms with van der Waals surface area (Å²) in [6, 6.07) is 2.85. The van der Waals surface area contributed by atoms with E-state index in [0.717, 1.165) is 5.56 Å². The zero-order valence-corrected chi connectivity index (χ0v) is 7.92. The zero-order valence-electron chi connectivity index (χ0n) is 7.92. The first kappa shape index (κ1) is 9.27. The van der Waals surface area contributed by atoms with Crippen LogP contribution < -0.4 is 15.2 Å². The van der Waals surface area contributed by atoms with E-state index in [0.29, 0.717) is 18.8 Å². The van der Waals surface area contributed by atoms with Gasteiger partial charge in [-0.1, -0.05) is 0 Å². The Hall–Kier alpha value is -1.29. The molecule has 1 unspecified atom stereocenters. The Bertz CT molecular complexity index is 354. The number of rotatable bonds is 1. The molecule has 1 aromatic carbocycles. The van der Waals surface area contributed by atoms with E-state index >= 15 is 0 Å². The Morgan fingerprint density at radius 2 is 2.36 bits per heavy atom. The number of halogens is 1. The normalized spacial score (nSPS) is 19.8. The van der Waals surface area contributed by atoms with Crippen LogP contribution in [0.3, 0.4) is 0 Å². The maximum Gasteiger partial charge on any atom is 0.165 e. The highest BCUT2D eigenvalue weighted by Gasteiger charge is 2.23. The number of fused-ring (bicyclic) bond motifs is 1. The van der Waals surface area contributed by atoms with Gasteiger partial charge in [-0.25, -0.2) is 4.39 Å². The Kier molecular flexibility index (Phi) is 2.29. The third kappa shape index (κ3) is 1.42. The van der Waals surface area contributed by atoms with Crippen LogP contribution in [-0.2, 0) is 6.42 Å². The molecule has 1 atom stereocenters. The molecule has 76 valence electrons. The van der Waals surface area contributed by atoms with Crippen molar-refractivity contribution in [2.24, 2.45) is 5.73 Å². The van der Waals surface area contributed by atoms with Gasteiger partial charge in [-0.15, -0.1) is 0 Å². The van der Waals surface area contributed by atoms with Crippen molar-refractivity contribution >= 4 is 0 Å². The van der Waals surface area contributed by atoms with Crippen molar-refractivity contribution in [1.82, 2.24) is 0 Å². The molecule has 2 rings (SSSR count). The van der Waals surface area contributed by atoms with Gasteiger partial charge in [0.05, 0.1) is 7.11 Å². The standard InChI is InChI=1S/C10H12FNO2/c1-13-9-3-2-8(11)10-7(9)4-6(12)5-14-10/h2-3,6H,4-5,12H2,1H3. The first-order chi connectivity index (χ1) is 6.72. The van der Waals surface area contributed by atoms with Crippen molar-refractivity contribution in [3.8, 4) is 11.5 Å². The highest BCUT2D eigenvalue weighted by atomic mass is 19.1. The van der Waals surface area contributed by atoms with Crippen LogP contribution in [0.4, 0.5) is 4.39 Å². The molecule has 1 aliphatic heterocycles. The van der Waals surface area contributed by atoms with Crippen LogP contribution in [0.2, 0.25) is 0 Å². The monoisotopic (exact) mass is 197 g/mol. The van der Waals surface area contributed by atoms with Crippen molar-refractivity contribution in [3.05, 3.63) is 23.5 Å². The molecule has 3 nitrogen and oxygen atoms in total. The molecule has 1 heterocycles. The molecule has 0 radical (unpaired) electrons. The fourth-order valence-electron chi connectivity index (χ4n) is 1.63. The molecule has 0 amide bonds. The van der Waals surface area contributed by atoms with E-state index in [9.17, 15) is 4.39 Å². The van der Waals surface area contributed by atoms with E-state index < -0.39 is 0 Å². The van der Waals surface area contributed by atoms with Gasteiger partial charge >= 0.3 is 0 Å². The predicted octanol–water partition coefficient (Wildman–Crippen LogP) is 1.10. The SMILES string of the molecule is COc1ccc(F)c2c1CC(N)CO2. The summed E-state index contributed by atoms with van der Waals surface area (Å²) in [7, 11) is 1.55. The van der Waals surface area contributed by atoms with Crippen LogP contribution in [0.1, 0.15) is 5.56 Å². The van der Waals surface area contributed by atoms with Crippen LogP contribution >= 0.6 is 0 Å². The van der Waals surface area contributed by atoms with Crippen LogP contribution in [-0.4, -0.2) is 19.8 Å². The third-order valence-electron chi connectivity index (χ3n) is 2.30. The van der Waals surface area contributed by atoms with Gasteiger partial charge in [-0.3, -0.25) is 0 Å². The number of nitrogens with two attached hydrogens (primary N) is 1. The van der Waals surface area contributed by atoms with Crippen molar-refractivity contribution in [2.75, 3.05) is 13.7 Å². The molecule has 0 saturated carbocycles. The lowest BCUT2D eigenvalue weighted by molar-refractivity contribution is 0.246. The maximum absolute atomic E-state index is 13.3. The average Bonchev–Trinajstić information content (AvgIpc) is 2.18. The third-order valence-corrected chi connectivity index (χ3v) is 2.30. The molecule has 0 saturated heterocycles. The predicted molar refractivity (Wildman–Crippen MR) is 50.1 cm³/mol. The first-order valence-corrected chi connectivity index (χ1v) is 4.46. The molecular formula is C10H12FNO2. The van der Waals surface area contributed by atoms with Gasteiger partial charge in [0.2, 0.25) is 0 Å². The van der Waals surface area contributed by atoms with Gasteiger partial charge in [0.15, 0.2) is 11.6 Å². The highest BCUT2D eigenvalue weighted by Crippen LogP contribution is 2.34. The molecule has 0 bridgehead atoms. The van der Waals surface area contributed by atoms with Crippen molar-refractivity contribution in [3.63, 3.8) is 0 Å². The van der Waals surface area contributed by atoms with Gasteiger partial charge in [-0.05, 0) is 18.6 Å². The molecule has 1 aromatic rings. The van der Waals surface area contributed by atoms with Crippen molar-refractivity contribution in [1.29, 1.82) is 0 Å². The van der Waals surface area contributed by atoms with Gasteiger partial charge in [0.1, 0.15) is 12.4 Å². The average molecular weight is 197 g/mol. The summed E-state index contributed by atoms with van der Waals surface area (Å²) in [5.41, 5.74) is 6.45. The summed E-state index contributed by atoms with van der Waals surface area (Å²) in [6.45, 7) is 0.358. The molecule has 0 aromatic heterocycles. The molecule has 2 N–H and O–H groups in total. The summed E-state index contributed by atoms with van der Waals surface area (Å²) in [5.74, 6) is 0.565. The lowest BCUT2D eigenvalue weighted by Crippen LogP contribution is -2.34. The van der Waals surface area contributed by atoms with E-state index in [4.69, 9.17) is 15.2 Å². The molecule has 1 aliphatic rings. The lowest BCUT2D eigenvalue weighted by Gasteiger charge is -2.24. The van der Waals surface area contributed by atoms with Crippen molar-refractivity contribution < 1.29 is 13.9 Å². The quantitative estimate of drug-likeness (QED) is 0.733. The van der Waals surface area contributed by atoms with Gasteiger partial charge in [0, 0.05) is 11.6 Å². The number of benzene rings is 1. The second kappa shape index (κ2) is 3.46. The number of methoxy groups -OCH3 is 1. The Morgan fingerprint density at radius 3 is 3.07 bits per heavy atom. The summed E-state index contributed by atoms with van der Waals surface area (Å²) in [4.78, 5) is 0. The first-order valence-electron chi connectivity index (χ1n) is 4.46. The van der Waals surface area contributed by atoms with Crippen LogP contribution in [0.5, 0.6) is 11.5 Å². The Balaban J connectivity index is 2.49. The Labute approximate surface area is 81.6 Å². The Morgan fingerprint density at radius 1 is 1.57 bits per heavy atom. The minimum Gasteiger partial charge on any atom is -0.496 e. The molecule has 14 heavy (non-hydrogen) atoms. The molecular weight excluding hydrogens is 185 g/mol. The van der Waals surface area contributed by atoms with Gasteiger partial charge in [-0.2, -0.15) is 0 Å². The van der Waals surface area contributed by atoms with Gasteiger partial charge < -0.3 is 15.2 Å². The smallest absolute Gasteiger partial charge is 0.165 e. The second-order valence-electron chi connectivity index (χ2n) is 3.33. The van der Waals surface area contributed by atoms with E-state index in [-0.39, 0.29) is 17.6 Å².